The third kappa shape index (κ3) is 4.81. The van der Waals surface area contributed by atoms with Crippen LogP contribution in [-0.2, 0) is 9.47 Å². The average molecular weight is 328 g/mol. The quantitative estimate of drug-likeness (QED) is 0.865. The molecule has 0 fully saturated rings. The van der Waals surface area contributed by atoms with Crippen molar-refractivity contribution in [2.45, 2.75) is 26.4 Å². The molecular weight excluding hydrogens is 308 g/mol. The number of nitrogens with zero attached hydrogens (tertiary/aromatic N) is 1. The zero-order valence-electron chi connectivity index (χ0n) is 14.1. The van der Waals surface area contributed by atoms with Gasteiger partial charge in [0.05, 0.1) is 24.6 Å². The van der Waals surface area contributed by atoms with Crippen LogP contribution < -0.4 is 5.32 Å². The Bertz CT molecular complexity index is 733. The predicted octanol–water partition coefficient (Wildman–Crippen LogP) is 3.88. The predicted molar refractivity (Wildman–Crippen MR) is 90.9 cm³/mol. The van der Waals surface area contributed by atoms with Crippen LogP contribution in [0.5, 0.6) is 0 Å². The van der Waals surface area contributed by atoms with Gasteiger partial charge in [-0.05, 0) is 44.5 Å². The lowest BCUT2D eigenvalue weighted by Crippen LogP contribution is -2.27. The van der Waals surface area contributed by atoms with Gasteiger partial charge in [-0.25, -0.2) is 9.59 Å². The number of benzene rings is 1. The van der Waals surface area contributed by atoms with Crippen molar-refractivity contribution in [1.29, 1.82) is 0 Å². The first kappa shape index (κ1) is 17.5. The molecule has 0 aliphatic carbocycles. The van der Waals surface area contributed by atoms with Crippen molar-refractivity contribution in [2.75, 3.05) is 12.4 Å². The van der Waals surface area contributed by atoms with Crippen LogP contribution in [0, 0.1) is 0 Å². The molecule has 0 aliphatic heterocycles. The van der Waals surface area contributed by atoms with Gasteiger partial charge in [-0.2, -0.15) is 0 Å². The SMILES string of the molecule is COC(=O)c1ccc(-c2cncc(NC(=O)OC(C)(C)C)c2)cc1. The van der Waals surface area contributed by atoms with Crippen molar-refractivity contribution in [3.8, 4) is 11.1 Å². The summed E-state index contributed by atoms with van der Waals surface area (Å²) in [5, 5.41) is 2.65. The molecule has 1 aromatic heterocycles. The molecule has 0 saturated carbocycles. The molecule has 0 atom stereocenters. The van der Waals surface area contributed by atoms with Crippen molar-refractivity contribution in [2.24, 2.45) is 0 Å². The van der Waals surface area contributed by atoms with E-state index < -0.39 is 11.7 Å². The number of rotatable bonds is 3. The highest BCUT2D eigenvalue weighted by Gasteiger charge is 2.16. The van der Waals surface area contributed by atoms with E-state index in [-0.39, 0.29) is 5.97 Å². The van der Waals surface area contributed by atoms with Gasteiger partial charge in [0.15, 0.2) is 0 Å². The summed E-state index contributed by atoms with van der Waals surface area (Å²) in [5.41, 5.74) is 2.10. The second-order valence-corrected chi connectivity index (χ2v) is 6.16. The normalized spacial score (nSPS) is 10.8. The van der Waals surface area contributed by atoms with Gasteiger partial charge >= 0.3 is 12.1 Å². The van der Waals surface area contributed by atoms with Crippen LogP contribution in [0.15, 0.2) is 42.7 Å². The standard InChI is InChI=1S/C18H20N2O4/c1-18(2,3)24-17(22)20-15-9-14(10-19-11-15)12-5-7-13(8-6-12)16(21)23-4/h5-11H,1-4H3,(H,20,22). The Balaban J connectivity index is 2.15. The number of anilines is 1. The van der Waals surface area contributed by atoms with Crippen LogP contribution in [0.3, 0.4) is 0 Å². The largest absolute Gasteiger partial charge is 0.465 e. The average Bonchev–Trinajstić information content (AvgIpc) is 2.52. The summed E-state index contributed by atoms with van der Waals surface area (Å²) in [6.45, 7) is 5.39. The molecule has 2 aromatic rings. The lowest BCUT2D eigenvalue weighted by atomic mass is 10.1. The van der Waals surface area contributed by atoms with Gasteiger partial charge in [-0.15, -0.1) is 0 Å². The minimum Gasteiger partial charge on any atom is -0.465 e. The van der Waals surface area contributed by atoms with Crippen LogP contribution in [0.4, 0.5) is 10.5 Å². The van der Waals surface area contributed by atoms with E-state index in [1.807, 2.05) is 0 Å². The molecule has 6 heteroatoms. The number of ether oxygens (including phenoxy) is 2. The minimum atomic E-state index is -0.571. The first-order valence-electron chi connectivity index (χ1n) is 7.42. The van der Waals surface area contributed by atoms with Crippen LogP contribution in [0.25, 0.3) is 11.1 Å². The number of esters is 1. The summed E-state index contributed by atoms with van der Waals surface area (Å²) in [5.74, 6) is -0.389. The number of carbonyl (C=O) groups excluding carboxylic acids is 2. The first-order valence-corrected chi connectivity index (χ1v) is 7.42. The fourth-order valence-electron chi connectivity index (χ4n) is 2.00. The molecule has 1 N–H and O–H groups in total. The topological polar surface area (TPSA) is 77.5 Å². The summed E-state index contributed by atoms with van der Waals surface area (Å²) in [7, 11) is 1.34. The zero-order chi connectivity index (χ0) is 17.7. The van der Waals surface area contributed by atoms with Gasteiger partial charge in [-0.1, -0.05) is 12.1 Å². The Kier molecular flexibility index (Phi) is 5.18. The van der Waals surface area contributed by atoms with E-state index in [0.29, 0.717) is 11.3 Å². The molecule has 2 rings (SSSR count). The van der Waals surface area contributed by atoms with Crippen molar-refractivity contribution >= 4 is 17.7 Å². The van der Waals surface area contributed by atoms with E-state index >= 15 is 0 Å². The maximum absolute atomic E-state index is 11.8. The third-order valence-electron chi connectivity index (χ3n) is 3.02. The highest BCUT2D eigenvalue weighted by molar-refractivity contribution is 5.90. The van der Waals surface area contributed by atoms with Crippen LogP contribution in [-0.4, -0.2) is 29.8 Å². The van der Waals surface area contributed by atoms with E-state index in [2.05, 4.69) is 15.0 Å². The van der Waals surface area contributed by atoms with Crippen molar-refractivity contribution in [3.63, 3.8) is 0 Å². The summed E-state index contributed by atoms with van der Waals surface area (Å²) in [6.07, 6.45) is 2.67. The molecule has 0 aliphatic rings. The molecule has 0 saturated heterocycles. The van der Waals surface area contributed by atoms with Gasteiger partial charge in [0.25, 0.3) is 0 Å². The number of hydrogen-bond donors (Lipinski definition) is 1. The lowest BCUT2D eigenvalue weighted by molar-refractivity contribution is 0.0598. The van der Waals surface area contributed by atoms with Gasteiger partial charge < -0.3 is 9.47 Å². The van der Waals surface area contributed by atoms with E-state index in [1.54, 1.807) is 57.3 Å². The Morgan fingerprint density at radius 1 is 1.04 bits per heavy atom. The van der Waals surface area contributed by atoms with Crippen LogP contribution in [0.1, 0.15) is 31.1 Å². The van der Waals surface area contributed by atoms with Gasteiger partial charge in [0, 0.05) is 11.8 Å². The Morgan fingerprint density at radius 3 is 2.29 bits per heavy atom. The summed E-state index contributed by atoms with van der Waals surface area (Å²) >= 11 is 0. The molecule has 0 spiro atoms. The Hall–Kier alpha value is -2.89. The maximum Gasteiger partial charge on any atom is 0.412 e. The number of hydrogen-bond acceptors (Lipinski definition) is 5. The number of pyridine rings is 1. The zero-order valence-corrected chi connectivity index (χ0v) is 14.1. The van der Waals surface area contributed by atoms with Crippen LogP contribution >= 0.6 is 0 Å². The molecule has 1 aromatic carbocycles. The number of aromatic nitrogens is 1. The number of carbonyl (C=O) groups is 2. The van der Waals surface area contributed by atoms with E-state index in [0.717, 1.165) is 11.1 Å². The molecule has 0 radical (unpaired) electrons. The fraction of sp³-hybridized carbons (Fsp3) is 0.278. The molecule has 0 unspecified atom stereocenters. The van der Waals surface area contributed by atoms with Gasteiger partial charge in [0.2, 0.25) is 0 Å². The van der Waals surface area contributed by atoms with Crippen LogP contribution in [0.2, 0.25) is 0 Å². The third-order valence-corrected chi connectivity index (χ3v) is 3.02. The molecule has 0 bridgehead atoms. The first-order chi connectivity index (χ1) is 11.3. The molecule has 126 valence electrons. The van der Waals surface area contributed by atoms with Gasteiger partial charge in [-0.3, -0.25) is 10.3 Å². The number of amides is 1. The smallest absolute Gasteiger partial charge is 0.412 e. The second-order valence-electron chi connectivity index (χ2n) is 6.16. The van der Waals surface area contributed by atoms with Gasteiger partial charge in [0.1, 0.15) is 5.60 Å². The fourth-order valence-corrected chi connectivity index (χ4v) is 2.00. The molecule has 1 amide bonds. The summed E-state index contributed by atoms with van der Waals surface area (Å²) in [6, 6.07) is 8.72. The van der Waals surface area contributed by atoms with E-state index in [1.165, 1.54) is 13.3 Å². The Labute approximate surface area is 140 Å². The molecule has 1 heterocycles. The lowest BCUT2D eigenvalue weighted by Gasteiger charge is -2.19. The maximum atomic E-state index is 11.8. The monoisotopic (exact) mass is 328 g/mol. The molecule has 24 heavy (non-hydrogen) atoms. The minimum absolute atomic E-state index is 0.389. The Morgan fingerprint density at radius 2 is 1.71 bits per heavy atom. The van der Waals surface area contributed by atoms with E-state index in [4.69, 9.17) is 4.74 Å². The second kappa shape index (κ2) is 7.12. The summed E-state index contributed by atoms with van der Waals surface area (Å²) < 4.78 is 9.88. The molecule has 6 nitrogen and oxygen atoms in total. The van der Waals surface area contributed by atoms with Crippen molar-refractivity contribution in [3.05, 3.63) is 48.3 Å². The number of methoxy groups -OCH3 is 1. The highest BCUT2D eigenvalue weighted by atomic mass is 16.6. The summed E-state index contributed by atoms with van der Waals surface area (Å²) in [4.78, 5) is 27.4. The highest BCUT2D eigenvalue weighted by Crippen LogP contribution is 2.22. The molecular formula is C18H20N2O4. The van der Waals surface area contributed by atoms with Crippen molar-refractivity contribution in [1.82, 2.24) is 4.98 Å². The number of nitrogens with one attached hydrogen (secondary N) is 1. The van der Waals surface area contributed by atoms with E-state index in [9.17, 15) is 9.59 Å². The van der Waals surface area contributed by atoms with Crippen molar-refractivity contribution < 1.29 is 19.1 Å².